The van der Waals surface area contributed by atoms with Crippen LogP contribution < -0.4 is 9.47 Å². The molecular formula is C10H10Br2O4. The zero-order chi connectivity index (χ0) is 12.3. The van der Waals surface area contributed by atoms with Crippen LogP contribution >= 0.6 is 31.9 Å². The van der Waals surface area contributed by atoms with E-state index < -0.39 is 5.97 Å². The molecule has 88 valence electrons. The van der Waals surface area contributed by atoms with Crippen molar-refractivity contribution in [2.75, 3.05) is 21.3 Å². The summed E-state index contributed by atoms with van der Waals surface area (Å²) in [5.74, 6) is 0.470. The summed E-state index contributed by atoms with van der Waals surface area (Å²) in [6.07, 6.45) is 0. The standard InChI is InChI=1S/C10H10Br2O4/c1-14-8-5(10(13)16-3)4-6(11)9(15-2)7(8)12/h4H,1-3H3. The fourth-order valence-corrected chi connectivity index (χ4v) is 2.84. The average molecular weight is 354 g/mol. The van der Waals surface area contributed by atoms with Gasteiger partial charge in [-0.3, -0.25) is 0 Å². The van der Waals surface area contributed by atoms with Gasteiger partial charge in [0.2, 0.25) is 0 Å². The highest BCUT2D eigenvalue weighted by Crippen LogP contribution is 2.42. The molecule has 1 rings (SSSR count). The summed E-state index contributed by atoms with van der Waals surface area (Å²) >= 11 is 6.61. The Balaban J connectivity index is 3.46. The molecule has 4 nitrogen and oxygen atoms in total. The van der Waals surface area contributed by atoms with Gasteiger partial charge in [-0.1, -0.05) is 0 Å². The van der Waals surface area contributed by atoms with Crippen molar-refractivity contribution in [3.05, 3.63) is 20.6 Å². The first-order valence-electron chi connectivity index (χ1n) is 4.25. The normalized spacial score (nSPS) is 9.81. The first-order valence-corrected chi connectivity index (χ1v) is 5.83. The molecule has 0 radical (unpaired) electrons. The van der Waals surface area contributed by atoms with E-state index in [0.717, 1.165) is 0 Å². The van der Waals surface area contributed by atoms with E-state index in [1.165, 1.54) is 21.3 Å². The Morgan fingerprint density at radius 3 is 2.12 bits per heavy atom. The Morgan fingerprint density at radius 2 is 1.69 bits per heavy atom. The number of ether oxygens (including phenoxy) is 3. The summed E-state index contributed by atoms with van der Waals surface area (Å²) in [5, 5.41) is 0. The molecule has 0 saturated carbocycles. The van der Waals surface area contributed by atoms with Gasteiger partial charge in [-0.2, -0.15) is 0 Å². The fraction of sp³-hybridized carbons (Fsp3) is 0.300. The third-order valence-corrected chi connectivity index (χ3v) is 3.25. The molecule has 0 unspecified atom stereocenters. The number of esters is 1. The highest BCUT2D eigenvalue weighted by Gasteiger charge is 2.21. The van der Waals surface area contributed by atoms with Crippen LogP contribution in [-0.4, -0.2) is 27.3 Å². The molecule has 0 amide bonds. The summed E-state index contributed by atoms with van der Waals surface area (Å²) in [7, 11) is 4.32. The van der Waals surface area contributed by atoms with E-state index in [4.69, 9.17) is 9.47 Å². The Labute approximate surface area is 110 Å². The van der Waals surface area contributed by atoms with E-state index in [9.17, 15) is 4.79 Å². The third-order valence-electron chi connectivity index (χ3n) is 1.94. The van der Waals surface area contributed by atoms with Crippen LogP contribution in [0.15, 0.2) is 15.0 Å². The smallest absolute Gasteiger partial charge is 0.341 e. The quantitative estimate of drug-likeness (QED) is 0.783. The van der Waals surface area contributed by atoms with Crippen LogP contribution in [0.1, 0.15) is 10.4 Å². The van der Waals surface area contributed by atoms with Crippen molar-refractivity contribution in [1.29, 1.82) is 0 Å². The van der Waals surface area contributed by atoms with Crippen LogP contribution in [0.2, 0.25) is 0 Å². The monoisotopic (exact) mass is 352 g/mol. The summed E-state index contributed by atoms with van der Waals surface area (Å²) in [4.78, 5) is 11.5. The van der Waals surface area contributed by atoms with Gasteiger partial charge in [0.25, 0.3) is 0 Å². The van der Waals surface area contributed by atoms with Crippen LogP contribution in [0.4, 0.5) is 0 Å². The van der Waals surface area contributed by atoms with Crippen LogP contribution in [0.3, 0.4) is 0 Å². The molecule has 16 heavy (non-hydrogen) atoms. The molecular weight excluding hydrogens is 344 g/mol. The Hall–Kier alpha value is -0.750. The summed E-state index contributed by atoms with van der Waals surface area (Å²) in [6.45, 7) is 0. The largest absolute Gasteiger partial charge is 0.495 e. The number of carbonyl (C=O) groups excluding carboxylic acids is 1. The number of rotatable bonds is 3. The fourth-order valence-electron chi connectivity index (χ4n) is 1.23. The van der Waals surface area contributed by atoms with Crippen molar-refractivity contribution < 1.29 is 19.0 Å². The van der Waals surface area contributed by atoms with E-state index in [1.807, 2.05) is 0 Å². The van der Waals surface area contributed by atoms with E-state index in [1.54, 1.807) is 6.07 Å². The van der Waals surface area contributed by atoms with Crippen molar-refractivity contribution in [3.8, 4) is 11.5 Å². The molecule has 0 heterocycles. The molecule has 0 aliphatic carbocycles. The van der Waals surface area contributed by atoms with Gasteiger partial charge >= 0.3 is 5.97 Å². The molecule has 0 spiro atoms. The molecule has 0 aliphatic heterocycles. The zero-order valence-electron chi connectivity index (χ0n) is 8.97. The third kappa shape index (κ3) is 2.32. The Kier molecular flexibility index (Phi) is 4.61. The molecule has 1 aromatic rings. The number of benzene rings is 1. The molecule has 1 aromatic carbocycles. The molecule has 0 aromatic heterocycles. The maximum atomic E-state index is 11.5. The van der Waals surface area contributed by atoms with Gasteiger partial charge in [-0.25, -0.2) is 4.79 Å². The number of hydrogen-bond acceptors (Lipinski definition) is 4. The van der Waals surface area contributed by atoms with Crippen molar-refractivity contribution in [1.82, 2.24) is 0 Å². The van der Waals surface area contributed by atoms with E-state index in [0.29, 0.717) is 26.0 Å². The van der Waals surface area contributed by atoms with Crippen LogP contribution in [0, 0.1) is 0 Å². The first kappa shape index (κ1) is 13.3. The topological polar surface area (TPSA) is 44.8 Å². The van der Waals surface area contributed by atoms with Gasteiger partial charge in [0.1, 0.15) is 10.0 Å². The first-order chi connectivity index (χ1) is 7.56. The minimum atomic E-state index is -0.471. The van der Waals surface area contributed by atoms with Crippen LogP contribution in [0.5, 0.6) is 11.5 Å². The number of halogens is 2. The molecule has 0 N–H and O–H groups in total. The summed E-state index contributed by atoms with van der Waals surface area (Å²) in [6, 6.07) is 1.59. The van der Waals surface area contributed by atoms with Crippen molar-refractivity contribution in [3.63, 3.8) is 0 Å². The van der Waals surface area contributed by atoms with Gasteiger partial charge in [-0.15, -0.1) is 0 Å². The second-order valence-electron chi connectivity index (χ2n) is 2.78. The van der Waals surface area contributed by atoms with Crippen LogP contribution in [0.25, 0.3) is 0 Å². The summed E-state index contributed by atoms with van der Waals surface area (Å²) in [5.41, 5.74) is 0.324. The predicted octanol–water partition coefficient (Wildman–Crippen LogP) is 3.02. The van der Waals surface area contributed by atoms with Crippen molar-refractivity contribution in [2.45, 2.75) is 0 Å². The zero-order valence-corrected chi connectivity index (χ0v) is 12.1. The highest BCUT2D eigenvalue weighted by atomic mass is 79.9. The maximum absolute atomic E-state index is 11.5. The minimum absolute atomic E-state index is 0.324. The Morgan fingerprint density at radius 1 is 1.12 bits per heavy atom. The average Bonchev–Trinajstić information content (AvgIpc) is 2.28. The van der Waals surface area contributed by atoms with Gasteiger partial charge in [0.05, 0.1) is 25.8 Å². The van der Waals surface area contributed by atoms with Gasteiger partial charge in [0, 0.05) is 0 Å². The van der Waals surface area contributed by atoms with E-state index >= 15 is 0 Å². The minimum Gasteiger partial charge on any atom is -0.495 e. The predicted molar refractivity (Wildman–Crippen MR) is 66.3 cm³/mol. The second kappa shape index (κ2) is 5.54. The molecule has 0 saturated heterocycles. The number of hydrogen-bond donors (Lipinski definition) is 0. The number of methoxy groups -OCH3 is 3. The molecule has 6 heteroatoms. The van der Waals surface area contributed by atoms with Crippen molar-refractivity contribution in [2.24, 2.45) is 0 Å². The van der Waals surface area contributed by atoms with Crippen LogP contribution in [-0.2, 0) is 4.74 Å². The van der Waals surface area contributed by atoms with Gasteiger partial charge < -0.3 is 14.2 Å². The lowest BCUT2D eigenvalue weighted by Gasteiger charge is -2.13. The lowest BCUT2D eigenvalue weighted by molar-refractivity contribution is 0.0597. The number of carbonyl (C=O) groups is 1. The SMILES string of the molecule is COC(=O)c1cc(Br)c(OC)c(Br)c1OC. The van der Waals surface area contributed by atoms with Crippen molar-refractivity contribution >= 4 is 37.8 Å². The molecule has 0 fully saturated rings. The summed E-state index contributed by atoms with van der Waals surface area (Å²) < 4.78 is 16.2. The lowest BCUT2D eigenvalue weighted by atomic mass is 10.2. The van der Waals surface area contributed by atoms with Gasteiger partial charge in [-0.05, 0) is 37.9 Å². The maximum Gasteiger partial charge on any atom is 0.341 e. The second-order valence-corrected chi connectivity index (χ2v) is 4.43. The Bertz CT molecular complexity index is 418. The lowest BCUT2D eigenvalue weighted by Crippen LogP contribution is -2.05. The van der Waals surface area contributed by atoms with Gasteiger partial charge in [0.15, 0.2) is 11.5 Å². The molecule has 0 bridgehead atoms. The highest BCUT2D eigenvalue weighted by molar-refractivity contribution is 9.11. The molecule has 0 aliphatic rings. The van der Waals surface area contributed by atoms with E-state index in [2.05, 4.69) is 36.6 Å². The molecule has 0 atom stereocenters. The van der Waals surface area contributed by atoms with E-state index in [-0.39, 0.29) is 0 Å².